The maximum absolute atomic E-state index is 13.1. The smallest absolute Gasteiger partial charge is 0.144 e. The topological polar surface area (TPSA) is 42.9 Å². The average molecular weight is 421 g/mol. The van der Waals surface area contributed by atoms with Crippen molar-refractivity contribution in [1.29, 1.82) is 0 Å². The summed E-state index contributed by atoms with van der Waals surface area (Å²) in [5.74, 6) is 0.0547. The normalized spacial score (nSPS) is 11.9. The van der Waals surface area contributed by atoms with Crippen molar-refractivity contribution in [3.8, 4) is 22.3 Å². The molecule has 1 unspecified atom stereocenters. The Morgan fingerprint density at radius 3 is 1.91 bits per heavy atom. The molecule has 2 aromatic carbocycles. The van der Waals surface area contributed by atoms with Gasteiger partial charge in [0.2, 0.25) is 0 Å². The molecular weight excluding hydrogens is 392 g/mol. The van der Waals surface area contributed by atoms with E-state index in [0.29, 0.717) is 6.42 Å². The van der Waals surface area contributed by atoms with Crippen LogP contribution in [0.3, 0.4) is 0 Å². The number of aryl methyl sites for hydroxylation is 3. The third kappa shape index (κ3) is 5.00. The van der Waals surface area contributed by atoms with E-state index < -0.39 is 0 Å². The van der Waals surface area contributed by atoms with Crippen molar-refractivity contribution in [1.82, 2.24) is 9.97 Å². The van der Waals surface area contributed by atoms with Gasteiger partial charge < -0.3 is 0 Å². The van der Waals surface area contributed by atoms with Crippen LogP contribution in [0.4, 0.5) is 0 Å². The van der Waals surface area contributed by atoms with Crippen molar-refractivity contribution < 1.29 is 4.79 Å². The number of carbonyl (C=O) groups excluding carboxylic acids is 1. The van der Waals surface area contributed by atoms with Crippen LogP contribution in [0.2, 0.25) is 0 Å². The number of ketones is 1. The van der Waals surface area contributed by atoms with Gasteiger partial charge in [-0.05, 0) is 78.4 Å². The molecule has 0 aliphatic carbocycles. The molecule has 1 atom stereocenters. The Morgan fingerprint density at radius 1 is 0.719 bits per heavy atom. The number of aromatic nitrogens is 2. The first-order valence-corrected chi connectivity index (χ1v) is 11.0. The van der Waals surface area contributed by atoms with E-state index >= 15 is 0 Å². The largest absolute Gasteiger partial charge is 0.299 e. The number of rotatable bonds is 6. The number of pyridine rings is 2. The van der Waals surface area contributed by atoms with Crippen molar-refractivity contribution >= 4 is 5.78 Å². The monoisotopic (exact) mass is 420 g/mol. The van der Waals surface area contributed by atoms with E-state index in [1.807, 2.05) is 45.3 Å². The number of benzene rings is 2. The van der Waals surface area contributed by atoms with E-state index in [1.165, 1.54) is 0 Å². The summed E-state index contributed by atoms with van der Waals surface area (Å²) in [6.45, 7) is 8.07. The molecule has 0 amide bonds. The second-order valence-electron chi connectivity index (χ2n) is 8.57. The summed E-state index contributed by atoms with van der Waals surface area (Å²) in [7, 11) is 0. The fourth-order valence-electron chi connectivity index (χ4n) is 4.03. The van der Waals surface area contributed by atoms with Crippen LogP contribution < -0.4 is 0 Å². The van der Waals surface area contributed by atoms with E-state index in [9.17, 15) is 4.79 Å². The van der Waals surface area contributed by atoms with E-state index in [1.54, 1.807) is 0 Å². The zero-order valence-corrected chi connectivity index (χ0v) is 19.1. The fourth-order valence-corrected chi connectivity index (χ4v) is 4.03. The van der Waals surface area contributed by atoms with Gasteiger partial charge in [0, 0.05) is 36.1 Å². The van der Waals surface area contributed by atoms with E-state index in [0.717, 1.165) is 50.3 Å². The van der Waals surface area contributed by atoms with Gasteiger partial charge in [0.15, 0.2) is 0 Å². The lowest BCUT2D eigenvalue weighted by Gasteiger charge is -2.15. The summed E-state index contributed by atoms with van der Waals surface area (Å²) in [6.07, 6.45) is 4.08. The highest BCUT2D eigenvalue weighted by molar-refractivity contribution is 5.88. The van der Waals surface area contributed by atoms with Gasteiger partial charge >= 0.3 is 0 Å². The Morgan fingerprint density at radius 2 is 1.31 bits per heavy atom. The van der Waals surface area contributed by atoms with E-state index in [2.05, 4.69) is 71.5 Å². The third-order valence-electron chi connectivity index (χ3n) is 5.87. The highest BCUT2D eigenvalue weighted by Crippen LogP contribution is 2.28. The minimum atomic E-state index is -0.167. The highest BCUT2D eigenvalue weighted by Gasteiger charge is 2.17. The van der Waals surface area contributed by atoms with Crippen LogP contribution in [0.15, 0.2) is 79.1 Å². The zero-order chi connectivity index (χ0) is 22.7. The van der Waals surface area contributed by atoms with Gasteiger partial charge in [0.25, 0.3) is 0 Å². The summed E-state index contributed by atoms with van der Waals surface area (Å²) in [5, 5.41) is 0. The molecule has 0 saturated carbocycles. The summed E-state index contributed by atoms with van der Waals surface area (Å²) in [5.41, 5.74) is 9.76. The minimum absolute atomic E-state index is 0.167. The summed E-state index contributed by atoms with van der Waals surface area (Å²) in [6, 6.07) is 22.9. The van der Waals surface area contributed by atoms with Crippen LogP contribution in [-0.4, -0.2) is 15.8 Å². The molecule has 160 valence electrons. The predicted molar refractivity (Wildman–Crippen MR) is 131 cm³/mol. The molecule has 4 aromatic rings. The molecule has 0 radical (unpaired) electrons. The summed E-state index contributed by atoms with van der Waals surface area (Å²) < 4.78 is 0. The maximum Gasteiger partial charge on any atom is 0.144 e. The molecule has 0 N–H and O–H groups in total. The molecule has 2 heterocycles. The SMILES string of the molecule is Cc1cc(-c2ccnc(C)c2)cc(C(C)C(=O)Cc2ccc(-c3ccnc(C)c3)cc2)c1. The van der Waals surface area contributed by atoms with Gasteiger partial charge in [-0.3, -0.25) is 14.8 Å². The number of carbonyl (C=O) groups is 1. The minimum Gasteiger partial charge on any atom is -0.299 e. The van der Waals surface area contributed by atoms with Gasteiger partial charge in [-0.2, -0.15) is 0 Å². The van der Waals surface area contributed by atoms with Gasteiger partial charge in [-0.1, -0.05) is 55.0 Å². The van der Waals surface area contributed by atoms with Gasteiger partial charge in [-0.25, -0.2) is 0 Å². The molecule has 0 saturated heterocycles. The quantitative estimate of drug-likeness (QED) is 0.351. The van der Waals surface area contributed by atoms with E-state index in [4.69, 9.17) is 0 Å². The molecule has 0 aliphatic rings. The van der Waals surface area contributed by atoms with Crippen LogP contribution in [0.5, 0.6) is 0 Å². The molecule has 32 heavy (non-hydrogen) atoms. The van der Waals surface area contributed by atoms with Gasteiger partial charge in [0.05, 0.1) is 0 Å². The lowest BCUT2D eigenvalue weighted by molar-refractivity contribution is -0.119. The molecule has 0 aliphatic heterocycles. The fraction of sp³-hybridized carbons (Fsp3) is 0.207. The Kier molecular flexibility index (Phi) is 6.27. The first-order valence-electron chi connectivity index (χ1n) is 11.0. The average Bonchev–Trinajstić information content (AvgIpc) is 2.78. The van der Waals surface area contributed by atoms with Gasteiger partial charge in [-0.15, -0.1) is 0 Å². The van der Waals surface area contributed by atoms with E-state index in [-0.39, 0.29) is 11.7 Å². The predicted octanol–water partition coefficient (Wildman–Crippen LogP) is 6.65. The first-order chi connectivity index (χ1) is 15.4. The number of nitrogens with zero attached hydrogens (tertiary/aromatic N) is 2. The molecule has 2 aromatic heterocycles. The van der Waals surface area contributed by atoms with Crippen molar-refractivity contribution in [2.24, 2.45) is 0 Å². The van der Waals surface area contributed by atoms with Crippen molar-refractivity contribution in [2.75, 3.05) is 0 Å². The molecule has 0 bridgehead atoms. The molecule has 3 heteroatoms. The number of Topliss-reactive ketones (excluding diaryl/α,β-unsaturated/α-hetero) is 1. The molecular formula is C29H28N2O. The second kappa shape index (κ2) is 9.27. The van der Waals surface area contributed by atoms with Gasteiger partial charge in [0.1, 0.15) is 5.78 Å². The lowest BCUT2D eigenvalue weighted by Crippen LogP contribution is -2.12. The molecule has 0 spiro atoms. The van der Waals surface area contributed by atoms with Crippen LogP contribution in [0, 0.1) is 20.8 Å². The Bertz CT molecular complexity index is 1260. The Labute approximate surface area is 190 Å². The van der Waals surface area contributed by atoms with Crippen LogP contribution in [0.25, 0.3) is 22.3 Å². The van der Waals surface area contributed by atoms with Crippen LogP contribution in [-0.2, 0) is 11.2 Å². The van der Waals surface area contributed by atoms with Crippen LogP contribution >= 0.6 is 0 Å². The molecule has 3 nitrogen and oxygen atoms in total. The van der Waals surface area contributed by atoms with Crippen molar-refractivity contribution in [3.05, 3.63) is 107 Å². The molecule has 0 fully saturated rings. The number of hydrogen-bond acceptors (Lipinski definition) is 3. The lowest BCUT2D eigenvalue weighted by atomic mass is 9.89. The summed E-state index contributed by atoms with van der Waals surface area (Å²) >= 11 is 0. The molecule has 4 rings (SSSR count). The second-order valence-corrected chi connectivity index (χ2v) is 8.57. The Balaban J connectivity index is 1.51. The van der Waals surface area contributed by atoms with Crippen molar-refractivity contribution in [2.45, 2.75) is 40.0 Å². The standard InChI is InChI=1S/C29H28N2O/c1-19-13-27(18-28(14-19)26-10-12-31-21(3)16-26)22(4)29(32)17-23-5-7-24(8-6-23)25-9-11-30-20(2)15-25/h5-16,18,22H,17H2,1-4H3. The first kappa shape index (κ1) is 21.6. The number of hydrogen-bond donors (Lipinski definition) is 0. The maximum atomic E-state index is 13.1. The van der Waals surface area contributed by atoms with Crippen molar-refractivity contribution in [3.63, 3.8) is 0 Å². The Hall–Kier alpha value is -3.59. The third-order valence-corrected chi connectivity index (χ3v) is 5.87. The highest BCUT2D eigenvalue weighted by atomic mass is 16.1. The zero-order valence-electron chi connectivity index (χ0n) is 19.1. The summed E-state index contributed by atoms with van der Waals surface area (Å²) in [4.78, 5) is 21.7. The van der Waals surface area contributed by atoms with Crippen LogP contribution in [0.1, 0.15) is 40.9 Å².